The molecule has 1 unspecified atom stereocenters. The summed E-state index contributed by atoms with van der Waals surface area (Å²) in [5.41, 5.74) is 11.2. The van der Waals surface area contributed by atoms with E-state index in [9.17, 15) is 9.18 Å². The van der Waals surface area contributed by atoms with Crippen molar-refractivity contribution in [3.05, 3.63) is 58.4 Å². The number of rotatable bonds is 5. The van der Waals surface area contributed by atoms with Crippen LogP contribution < -0.4 is 5.73 Å². The van der Waals surface area contributed by atoms with Crippen LogP contribution >= 0.6 is 0 Å². The number of aliphatic carboxylic acids is 1. The van der Waals surface area contributed by atoms with Gasteiger partial charge < -0.3 is 10.8 Å². The minimum absolute atomic E-state index is 0.275. The van der Waals surface area contributed by atoms with Gasteiger partial charge in [-0.1, -0.05) is 18.2 Å². The zero-order valence-electron chi connectivity index (χ0n) is 14.0. The molecule has 1 fully saturated rings. The van der Waals surface area contributed by atoms with Crippen LogP contribution in [0.25, 0.3) is 11.1 Å². The first-order valence-electron chi connectivity index (χ1n) is 8.25. The van der Waals surface area contributed by atoms with E-state index in [4.69, 9.17) is 10.8 Å². The summed E-state index contributed by atoms with van der Waals surface area (Å²) in [6, 6.07) is 8.95. The number of carboxylic acid groups (broad SMARTS) is 1. The van der Waals surface area contributed by atoms with Gasteiger partial charge in [-0.3, -0.25) is 4.79 Å². The summed E-state index contributed by atoms with van der Waals surface area (Å²) in [5, 5.41) is 8.96. The second-order valence-electron chi connectivity index (χ2n) is 6.71. The van der Waals surface area contributed by atoms with Gasteiger partial charge in [0.2, 0.25) is 0 Å². The molecule has 0 heterocycles. The van der Waals surface area contributed by atoms with E-state index in [2.05, 4.69) is 25.1 Å². The maximum atomic E-state index is 14.5. The van der Waals surface area contributed by atoms with Crippen molar-refractivity contribution >= 4 is 5.97 Å². The Balaban J connectivity index is 2.13. The van der Waals surface area contributed by atoms with Gasteiger partial charge in [-0.15, -0.1) is 0 Å². The molecule has 3 nitrogen and oxygen atoms in total. The molecule has 0 saturated heterocycles. The summed E-state index contributed by atoms with van der Waals surface area (Å²) in [4.78, 5) is 10.9. The van der Waals surface area contributed by atoms with Crippen LogP contribution in [0.15, 0.2) is 30.3 Å². The summed E-state index contributed by atoms with van der Waals surface area (Å²) < 4.78 is 14.5. The van der Waals surface area contributed by atoms with Crippen LogP contribution in [0, 0.1) is 19.7 Å². The molecule has 2 aromatic carbocycles. The average molecular weight is 327 g/mol. The summed E-state index contributed by atoms with van der Waals surface area (Å²) in [6.45, 7) is 3.75. The molecule has 2 aromatic rings. The highest BCUT2D eigenvalue weighted by Crippen LogP contribution is 2.46. The lowest BCUT2D eigenvalue weighted by Gasteiger charge is -2.18. The Morgan fingerprint density at radius 1 is 1.29 bits per heavy atom. The van der Waals surface area contributed by atoms with E-state index in [-0.39, 0.29) is 12.0 Å². The van der Waals surface area contributed by atoms with Gasteiger partial charge in [-0.05, 0) is 72.6 Å². The van der Waals surface area contributed by atoms with E-state index in [0.717, 1.165) is 16.7 Å². The molecular weight excluding hydrogens is 305 g/mol. The lowest BCUT2D eigenvalue weighted by atomic mass is 9.89. The van der Waals surface area contributed by atoms with Gasteiger partial charge in [0.25, 0.3) is 0 Å². The Bertz CT molecular complexity index is 796. The van der Waals surface area contributed by atoms with Crippen molar-refractivity contribution in [3.8, 4) is 11.1 Å². The van der Waals surface area contributed by atoms with E-state index in [0.29, 0.717) is 11.5 Å². The number of halogens is 1. The maximum Gasteiger partial charge on any atom is 0.305 e. The third-order valence-corrected chi connectivity index (χ3v) is 4.69. The molecule has 1 atom stereocenters. The summed E-state index contributed by atoms with van der Waals surface area (Å²) >= 11 is 0. The smallest absolute Gasteiger partial charge is 0.305 e. The zero-order chi connectivity index (χ0) is 17.4. The second-order valence-corrected chi connectivity index (χ2v) is 6.71. The van der Waals surface area contributed by atoms with E-state index in [1.807, 2.05) is 6.07 Å². The van der Waals surface area contributed by atoms with Crippen molar-refractivity contribution < 1.29 is 14.3 Å². The number of hydrogen-bond acceptors (Lipinski definition) is 2. The SMILES string of the molecule is Cc1cc(-c2c(C)cccc2C2CC2)cc(C(N)CC(=O)O)c1F. The number of carboxylic acids is 1. The fourth-order valence-corrected chi connectivity index (χ4v) is 3.33. The Kier molecular flexibility index (Phi) is 4.41. The molecule has 1 aliphatic rings. The van der Waals surface area contributed by atoms with Crippen LogP contribution in [0.2, 0.25) is 0 Å². The second kappa shape index (κ2) is 6.36. The van der Waals surface area contributed by atoms with E-state index in [1.54, 1.807) is 13.0 Å². The minimum Gasteiger partial charge on any atom is -0.481 e. The largest absolute Gasteiger partial charge is 0.481 e. The molecule has 1 saturated carbocycles. The molecule has 0 bridgehead atoms. The van der Waals surface area contributed by atoms with E-state index >= 15 is 0 Å². The normalized spacial score (nSPS) is 15.3. The van der Waals surface area contributed by atoms with Crippen LogP contribution in [0.1, 0.15) is 53.5 Å². The van der Waals surface area contributed by atoms with Crippen molar-refractivity contribution in [1.82, 2.24) is 0 Å². The van der Waals surface area contributed by atoms with E-state index < -0.39 is 17.8 Å². The van der Waals surface area contributed by atoms with Crippen LogP contribution in [0.3, 0.4) is 0 Å². The lowest BCUT2D eigenvalue weighted by Crippen LogP contribution is -2.17. The summed E-state index contributed by atoms with van der Waals surface area (Å²) in [5.74, 6) is -0.866. The Morgan fingerprint density at radius 3 is 2.62 bits per heavy atom. The third kappa shape index (κ3) is 3.20. The summed E-state index contributed by atoms with van der Waals surface area (Å²) in [6.07, 6.45) is 2.08. The molecule has 3 N–H and O–H groups in total. The number of hydrogen-bond donors (Lipinski definition) is 2. The molecular formula is C20H22FNO2. The Labute approximate surface area is 141 Å². The highest BCUT2D eigenvalue weighted by Gasteiger charge is 2.27. The number of carbonyl (C=O) groups is 1. The number of benzene rings is 2. The standard InChI is InChI=1S/C20H22FNO2/c1-11-4-3-5-15(13-6-7-13)19(11)14-8-12(2)20(21)16(9-14)17(22)10-18(23)24/h3-5,8-9,13,17H,6-7,10,22H2,1-2H3,(H,23,24). The predicted molar refractivity (Wildman–Crippen MR) is 92.5 cm³/mol. The summed E-state index contributed by atoms with van der Waals surface area (Å²) in [7, 11) is 0. The number of aryl methyl sites for hydroxylation is 2. The topological polar surface area (TPSA) is 63.3 Å². The third-order valence-electron chi connectivity index (χ3n) is 4.69. The van der Waals surface area contributed by atoms with Gasteiger partial charge in [-0.25, -0.2) is 4.39 Å². The van der Waals surface area contributed by atoms with Crippen molar-refractivity contribution in [1.29, 1.82) is 0 Å². The van der Waals surface area contributed by atoms with Gasteiger partial charge in [-0.2, -0.15) is 0 Å². The van der Waals surface area contributed by atoms with Gasteiger partial charge in [0.05, 0.1) is 6.42 Å². The van der Waals surface area contributed by atoms with Crippen LogP contribution in [0.5, 0.6) is 0 Å². The Morgan fingerprint density at radius 2 is 2.00 bits per heavy atom. The van der Waals surface area contributed by atoms with Crippen molar-refractivity contribution in [2.24, 2.45) is 5.73 Å². The van der Waals surface area contributed by atoms with Crippen LogP contribution in [0.4, 0.5) is 4.39 Å². The molecule has 3 rings (SSSR count). The highest BCUT2D eigenvalue weighted by molar-refractivity contribution is 5.74. The molecule has 0 aliphatic heterocycles. The molecule has 24 heavy (non-hydrogen) atoms. The molecule has 1 aliphatic carbocycles. The van der Waals surface area contributed by atoms with Crippen molar-refractivity contribution in [2.45, 2.75) is 45.1 Å². The Hall–Kier alpha value is -2.20. The van der Waals surface area contributed by atoms with E-state index in [1.165, 1.54) is 18.4 Å². The minimum atomic E-state index is -1.03. The molecule has 0 spiro atoms. The van der Waals surface area contributed by atoms with Crippen LogP contribution in [-0.2, 0) is 4.79 Å². The van der Waals surface area contributed by atoms with Crippen molar-refractivity contribution in [3.63, 3.8) is 0 Å². The molecule has 0 amide bonds. The molecule has 0 aromatic heterocycles. The highest BCUT2D eigenvalue weighted by atomic mass is 19.1. The fourth-order valence-electron chi connectivity index (χ4n) is 3.33. The molecule has 0 radical (unpaired) electrons. The lowest BCUT2D eigenvalue weighted by molar-refractivity contribution is -0.137. The maximum absolute atomic E-state index is 14.5. The van der Waals surface area contributed by atoms with Crippen molar-refractivity contribution in [2.75, 3.05) is 0 Å². The average Bonchev–Trinajstić information content (AvgIpc) is 3.33. The first-order chi connectivity index (χ1) is 11.4. The van der Waals surface area contributed by atoms with Gasteiger partial charge in [0.1, 0.15) is 5.82 Å². The fraction of sp³-hybridized carbons (Fsp3) is 0.350. The monoisotopic (exact) mass is 327 g/mol. The molecule has 126 valence electrons. The van der Waals surface area contributed by atoms with Gasteiger partial charge >= 0.3 is 5.97 Å². The zero-order valence-corrected chi connectivity index (χ0v) is 14.0. The quantitative estimate of drug-likeness (QED) is 0.852. The molecule has 4 heteroatoms. The first-order valence-corrected chi connectivity index (χ1v) is 8.25. The predicted octanol–water partition coefficient (Wildman–Crippen LogP) is 4.46. The number of nitrogens with two attached hydrogens (primary N) is 1. The van der Waals surface area contributed by atoms with Gasteiger partial charge in [0, 0.05) is 11.6 Å². The van der Waals surface area contributed by atoms with Crippen LogP contribution in [-0.4, -0.2) is 11.1 Å². The first kappa shape index (κ1) is 16.7. The van der Waals surface area contributed by atoms with Gasteiger partial charge in [0.15, 0.2) is 0 Å².